The Morgan fingerprint density at radius 2 is 0.921 bits per heavy atom. The van der Waals surface area contributed by atoms with Crippen molar-refractivity contribution in [3.05, 3.63) is 69.3 Å². The van der Waals surface area contributed by atoms with Gasteiger partial charge in [-0.3, -0.25) is 0 Å². The molecule has 38 heavy (non-hydrogen) atoms. The monoisotopic (exact) mass is 490 g/mol. The molecular weight excluding hydrogens is 464 g/mol. The Balaban J connectivity index is 2.01. The summed E-state index contributed by atoms with van der Waals surface area (Å²) >= 11 is 0. The molecule has 5 heterocycles. The molecule has 2 aliphatic rings. The fourth-order valence-corrected chi connectivity index (χ4v) is 4.54. The molecule has 3 aromatic heterocycles. The maximum atomic E-state index is 4.99. The van der Waals surface area contributed by atoms with Crippen molar-refractivity contribution in [1.29, 1.82) is 0 Å². The van der Waals surface area contributed by atoms with E-state index < -0.39 is 0 Å². The van der Waals surface area contributed by atoms with Gasteiger partial charge in [-0.05, 0) is 89.1 Å². The number of rotatable bonds is 0. The maximum absolute atomic E-state index is 4.99. The van der Waals surface area contributed by atoms with Crippen molar-refractivity contribution < 1.29 is 0 Å². The zero-order chi connectivity index (χ0) is 26.8. The highest BCUT2D eigenvalue weighted by Gasteiger charge is 2.15. The fraction of sp³-hybridized carbons (Fsp3) is 0.176. The summed E-state index contributed by atoms with van der Waals surface area (Å²) in [6.07, 6.45) is 4.08. The lowest BCUT2D eigenvalue weighted by molar-refractivity contribution is 1.26. The number of fused-ring (bicyclic) bond motifs is 8. The lowest BCUT2D eigenvalue weighted by Crippen LogP contribution is -1.83. The van der Waals surface area contributed by atoms with Gasteiger partial charge in [0.1, 0.15) is 0 Å². The summed E-state index contributed by atoms with van der Waals surface area (Å²) in [6.45, 7) is 11.5. The van der Waals surface area contributed by atoms with E-state index in [1.807, 2.05) is 52.0 Å². The van der Waals surface area contributed by atoms with Gasteiger partial charge in [-0.15, -0.1) is 23.7 Å². The fourth-order valence-electron chi connectivity index (χ4n) is 4.54. The SMILES string of the molecule is CC#CC1=Cc2nc1cc1[nH]c(cc1C#CC)c(C)c1nc(cc3[nH]c(cc3C#CC)c2C)C(C#CC)=C1. The average molecular weight is 491 g/mol. The molecule has 0 fully saturated rings. The topological polar surface area (TPSA) is 57.4 Å². The zero-order valence-electron chi connectivity index (χ0n) is 22.4. The molecular formula is C34H26N4. The van der Waals surface area contributed by atoms with Gasteiger partial charge in [-0.25, -0.2) is 9.97 Å². The smallest absolute Gasteiger partial charge is 0.0815 e. The predicted octanol–water partition coefficient (Wildman–Crippen LogP) is 6.80. The van der Waals surface area contributed by atoms with Crippen LogP contribution in [0, 0.1) is 61.2 Å². The van der Waals surface area contributed by atoms with Crippen LogP contribution in [-0.4, -0.2) is 19.9 Å². The van der Waals surface area contributed by atoms with Crippen LogP contribution in [0.2, 0.25) is 0 Å². The number of hydrogen-bond acceptors (Lipinski definition) is 2. The van der Waals surface area contributed by atoms with E-state index in [2.05, 4.69) is 83.3 Å². The van der Waals surface area contributed by atoms with Gasteiger partial charge < -0.3 is 9.97 Å². The zero-order valence-corrected chi connectivity index (χ0v) is 22.4. The highest BCUT2D eigenvalue weighted by Crippen LogP contribution is 2.29. The Hall–Kier alpha value is -5.16. The number of H-pyrrole nitrogens is 2. The summed E-state index contributed by atoms with van der Waals surface area (Å²) in [5.74, 6) is 25.0. The predicted molar refractivity (Wildman–Crippen MR) is 158 cm³/mol. The van der Waals surface area contributed by atoms with E-state index in [0.29, 0.717) is 0 Å². The van der Waals surface area contributed by atoms with Crippen molar-refractivity contribution in [1.82, 2.24) is 19.9 Å². The van der Waals surface area contributed by atoms with Crippen LogP contribution in [-0.2, 0) is 0 Å². The number of allylic oxidation sites excluding steroid dienone is 2. The maximum Gasteiger partial charge on any atom is 0.0815 e. The van der Waals surface area contributed by atoms with E-state index in [-0.39, 0.29) is 0 Å². The minimum Gasteiger partial charge on any atom is -0.354 e. The molecule has 0 saturated carbocycles. The van der Waals surface area contributed by atoms with Gasteiger partial charge in [0.15, 0.2) is 0 Å². The van der Waals surface area contributed by atoms with Crippen LogP contribution in [0.4, 0.5) is 0 Å². The standard InChI is InChI=1S/C34H26N4/c1-7-11-23-15-27-21(5)28-17-25(13-9-3)33(37-28)20-34-26(14-10-4)18-30(38-34)22(6)29-16-24(12-8-2)32(36-29)19-31(23)35-27/h15-20,35,38H,1-6H3. The second-order valence-corrected chi connectivity index (χ2v) is 8.94. The Morgan fingerprint density at radius 3 is 1.29 bits per heavy atom. The normalized spacial score (nSPS) is 11.4. The van der Waals surface area contributed by atoms with Gasteiger partial charge >= 0.3 is 0 Å². The second kappa shape index (κ2) is 10.1. The lowest BCUT2D eigenvalue weighted by Gasteiger charge is -1.94. The third-order valence-corrected chi connectivity index (χ3v) is 6.47. The molecule has 0 unspecified atom stereocenters. The van der Waals surface area contributed by atoms with Gasteiger partial charge in [0.2, 0.25) is 0 Å². The molecule has 0 spiro atoms. The first-order valence-electron chi connectivity index (χ1n) is 12.4. The van der Waals surface area contributed by atoms with Gasteiger partial charge in [-0.1, -0.05) is 23.7 Å². The largest absolute Gasteiger partial charge is 0.354 e. The van der Waals surface area contributed by atoms with Crippen LogP contribution in [0.15, 0.2) is 24.3 Å². The highest BCUT2D eigenvalue weighted by atomic mass is 14.8. The minimum absolute atomic E-state index is 0.798. The molecule has 3 aromatic rings. The molecule has 182 valence electrons. The van der Waals surface area contributed by atoms with E-state index in [1.54, 1.807) is 0 Å². The number of hydrogen-bond donors (Lipinski definition) is 2. The van der Waals surface area contributed by atoms with Crippen molar-refractivity contribution in [2.75, 3.05) is 0 Å². The minimum atomic E-state index is 0.798. The van der Waals surface area contributed by atoms with Crippen molar-refractivity contribution >= 4 is 45.4 Å². The van der Waals surface area contributed by atoms with Gasteiger partial charge in [0.25, 0.3) is 0 Å². The van der Waals surface area contributed by atoms with Crippen molar-refractivity contribution in [2.24, 2.45) is 0 Å². The van der Waals surface area contributed by atoms with E-state index in [9.17, 15) is 0 Å². The summed E-state index contributed by atoms with van der Waals surface area (Å²) in [4.78, 5) is 17.1. The van der Waals surface area contributed by atoms with Crippen molar-refractivity contribution in [3.8, 4) is 47.4 Å². The molecule has 4 nitrogen and oxygen atoms in total. The molecule has 2 aliphatic heterocycles. The molecule has 0 atom stereocenters. The van der Waals surface area contributed by atoms with Gasteiger partial charge in [0.05, 0.1) is 56.1 Å². The molecule has 0 aliphatic carbocycles. The highest BCUT2D eigenvalue weighted by molar-refractivity contribution is 5.96. The molecule has 0 aromatic carbocycles. The molecule has 5 rings (SSSR count). The van der Waals surface area contributed by atoms with Crippen molar-refractivity contribution in [2.45, 2.75) is 41.5 Å². The molecule has 8 bridgehead atoms. The third kappa shape index (κ3) is 4.42. The first-order valence-corrected chi connectivity index (χ1v) is 12.4. The third-order valence-electron chi connectivity index (χ3n) is 6.47. The number of nitrogens with one attached hydrogen (secondary N) is 2. The van der Waals surface area contributed by atoms with E-state index >= 15 is 0 Å². The first-order chi connectivity index (χ1) is 18.4. The summed E-state index contributed by atoms with van der Waals surface area (Å²) in [6, 6.07) is 8.19. The molecule has 2 N–H and O–H groups in total. The lowest BCUT2D eigenvalue weighted by atomic mass is 10.1. The van der Waals surface area contributed by atoms with Crippen LogP contribution in [0.3, 0.4) is 0 Å². The van der Waals surface area contributed by atoms with Crippen LogP contribution < -0.4 is 0 Å². The van der Waals surface area contributed by atoms with Crippen LogP contribution in [0.25, 0.3) is 45.4 Å². The first kappa shape index (κ1) is 24.5. The number of aromatic nitrogens is 4. The Bertz CT molecular complexity index is 1850. The van der Waals surface area contributed by atoms with Crippen LogP contribution >= 0.6 is 0 Å². The molecule has 0 saturated heterocycles. The molecule has 0 radical (unpaired) electrons. The Labute approximate surface area is 223 Å². The average Bonchev–Trinajstić information content (AvgIpc) is 3.67. The van der Waals surface area contributed by atoms with E-state index in [0.717, 1.165) is 78.2 Å². The van der Waals surface area contributed by atoms with Gasteiger partial charge in [0, 0.05) is 11.0 Å². The Morgan fingerprint density at radius 1 is 0.526 bits per heavy atom. The summed E-state index contributed by atoms with van der Waals surface area (Å²) in [5, 5.41) is 0. The molecule has 0 amide bonds. The quantitative estimate of drug-likeness (QED) is 0.341. The summed E-state index contributed by atoms with van der Waals surface area (Å²) < 4.78 is 0. The summed E-state index contributed by atoms with van der Waals surface area (Å²) in [5.41, 5.74) is 12.5. The van der Waals surface area contributed by atoms with E-state index in [4.69, 9.17) is 9.97 Å². The Kier molecular flexibility index (Phi) is 6.50. The summed E-state index contributed by atoms with van der Waals surface area (Å²) in [7, 11) is 0. The van der Waals surface area contributed by atoms with Crippen LogP contribution in [0.5, 0.6) is 0 Å². The number of aryl methyl sites for hydroxylation is 2. The molecule has 4 heteroatoms. The van der Waals surface area contributed by atoms with Gasteiger partial charge in [-0.2, -0.15) is 0 Å². The van der Waals surface area contributed by atoms with Crippen LogP contribution in [0.1, 0.15) is 72.7 Å². The van der Waals surface area contributed by atoms with E-state index in [1.165, 1.54) is 0 Å². The number of nitrogens with zero attached hydrogens (tertiary/aromatic N) is 2. The van der Waals surface area contributed by atoms with Crippen molar-refractivity contribution in [3.63, 3.8) is 0 Å². The second-order valence-electron chi connectivity index (χ2n) is 8.94. The number of aromatic amines is 2.